The first-order valence-corrected chi connectivity index (χ1v) is 11.3. The van der Waals surface area contributed by atoms with Crippen LogP contribution in [0, 0.1) is 0 Å². The molecule has 0 aromatic heterocycles. The van der Waals surface area contributed by atoms with Gasteiger partial charge in [-0.2, -0.15) is 0 Å². The minimum atomic E-state index is -3.85. The van der Waals surface area contributed by atoms with E-state index in [0.717, 1.165) is 24.8 Å². The Hall–Kier alpha value is -2.54. The Bertz CT molecular complexity index is 1020. The molecule has 29 heavy (non-hydrogen) atoms. The second-order valence-electron chi connectivity index (χ2n) is 8.07. The van der Waals surface area contributed by atoms with Crippen molar-refractivity contribution in [3.05, 3.63) is 53.6 Å². The molecular weight excluding hydrogens is 388 g/mol. The van der Waals surface area contributed by atoms with E-state index in [1.165, 1.54) is 6.07 Å². The molecule has 156 valence electrons. The summed E-state index contributed by atoms with van der Waals surface area (Å²) in [6.45, 7) is 7.91. The first-order chi connectivity index (χ1) is 13.6. The predicted octanol–water partition coefficient (Wildman–Crippen LogP) is 4.12. The maximum absolute atomic E-state index is 13.0. The van der Waals surface area contributed by atoms with Crippen molar-refractivity contribution in [3.63, 3.8) is 0 Å². The van der Waals surface area contributed by atoms with Crippen LogP contribution < -0.4 is 14.8 Å². The van der Waals surface area contributed by atoms with E-state index >= 15 is 0 Å². The van der Waals surface area contributed by atoms with Crippen molar-refractivity contribution in [2.45, 2.75) is 63.5 Å². The SMILES string of the molecule is CC[C@H](C)NC(=O)c1ccccc1NS(=O)(=O)c1ccc2c(c1)CCC(C)(C)O2. The Morgan fingerprint density at radius 1 is 1.21 bits per heavy atom. The van der Waals surface area contributed by atoms with E-state index in [2.05, 4.69) is 10.0 Å². The van der Waals surface area contributed by atoms with E-state index in [0.29, 0.717) is 11.3 Å². The molecule has 0 aliphatic carbocycles. The number of anilines is 1. The summed E-state index contributed by atoms with van der Waals surface area (Å²) in [6, 6.07) is 11.5. The monoisotopic (exact) mass is 416 g/mol. The molecule has 0 saturated heterocycles. The van der Waals surface area contributed by atoms with E-state index < -0.39 is 10.0 Å². The van der Waals surface area contributed by atoms with Crippen LogP contribution in [-0.2, 0) is 16.4 Å². The minimum absolute atomic E-state index is 0.00272. The molecule has 1 aliphatic rings. The Labute approximate surface area is 172 Å². The Morgan fingerprint density at radius 3 is 2.66 bits per heavy atom. The summed E-state index contributed by atoms with van der Waals surface area (Å²) in [5, 5.41) is 2.87. The number of aryl methyl sites for hydroxylation is 1. The fourth-order valence-electron chi connectivity index (χ4n) is 3.18. The second-order valence-corrected chi connectivity index (χ2v) is 9.75. The van der Waals surface area contributed by atoms with Crippen LogP contribution in [-0.4, -0.2) is 26.0 Å². The van der Waals surface area contributed by atoms with Crippen molar-refractivity contribution in [1.29, 1.82) is 0 Å². The van der Waals surface area contributed by atoms with Crippen LogP contribution in [0.1, 0.15) is 56.5 Å². The van der Waals surface area contributed by atoms with Gasteiger partial charge in [0.15, 0.2) is 0 Å². The Morgan fingerprint density at radius 2 is 1.93 bits per heavy atom. The van der Waals surface area contributed by atoms with E-state index in [4.69, 9.17) is 4.74 Å². The zero-order valence-electron chi connectivity index (χ0n) is 17.3. The lowest BCUT2D eigenvalue weighted by Gasteiger charge is -2.32. The van der Waals surface area contributed by atoms with Gasteiger partial charge in [0.1, 0.15) is 11.4 Å². The maximum Gasteiger partial charge on any atom is 0.261 e. The third kappa shape index (κ3) is 4.90. The maximum atomic E-state index is 13.0. The molecule has 0 spiro atoms. The third-order valence-electron chi connectivity index (χ3n) is 5.13. The lowest BCUT2D eigenvalue weighted by atomic mass is 9.94. The van der Waals surface area contributed by atoms with Crippen molar-refractivity contribution in [1.82, 2.24) is 5.32 Å². The Kier molecular flexibility index (Phi) is 5.89. The van der Waals surface area contributed by atoms with Crippen molar-refractivity contribution in [2.24, 2.45) is 0 Å². The van der Waals surface area contributed by atoms with Gasteiger partial charge in [0.25, 0.3) is 15.9 Å². The zero-order valence-corrected chi connectivity index (χ0v) is 18.1. The molecule has 7 heteroatoms. The molecule has 1 amide bonds. The second kappa shape index (κ2) is 8.06. The average molecular weight is 417 g/mol. The number of amides is 1. The smallest absolute Gasteiger partial charge is 0.261 e. The number of para-hydroxylation sites is 1. The number of ether oxygens (including phenoxy) is 1. The standard InChI is InChI=1S/C22H28N2O4S/c1-5-15(2)23-21(25)18-8-6-7-9-19(18)24-29(26,27)17-10-11-20-16(14-17)12-13-22(3,4)28-20/h6-11,14-15,24H,5,12-13H2,1-4H3,(H,23,25)/t15-/m0/s1. The summed E-state index contributed by atoms with van der Waals surface area (Å²) in [5.74, 6) is 0.409. The first kappa shape index (κ1) is 21.2. The van der Waals surface area contributed by atoms with Crippen LogP contribution in [0.25, 0.3) is 0 Å². The molecule has 1 aliphatic heterocycles. The lowest BCUT2D eigenvalue weighted by molar-refractivity contribution is 0.0845. The van der Waals surface area contributed by atoms with Crippen LogP contribution in [0.2, 0.25) is 0 Å². The highest BCUT2D eigenvalue weighted by atomic mass is 32.2. The predicted molar refractivity (Wildman–Crippen MR) is 114 cm³/mol. The lowest BCUT2D eigenvalue weighted by Crippen LogP contribution is -2.33. The van der Waals surface area contributed by atoms with Gasteiger partial charge in [0.05, 0.1) is 16.1 Å². The molecule has 0 bridgehead atoms. The van der Waals surface area contributed by atoms with Gasteiger partial charge in [-0.05, 0) is 75.9 Å². The largest absolute Gasteiger partial charge is 0.488 e. The molecule has 0 unspecified atom stereocenters. The van der Waals surface area contributed by atoms with Crippen LogP contribution in [0.3, 0.4) is 0 Å². The summed E-state index contributed by atoms with van der Waals surface area (Å²) >= 11 is 0. The number of nitrogens with one attached hydrogen (secondary N) is 2. The van der Waals surface area contributed by atoms with Crippen LogP contribution in [0.5, 0.6) is 5.75 Å². The zero-order chi connectivity index (χ0) is 21.2. The van der Waals surface area contributed by atoms with E-state index in [1.54, 1.807) is 36.4 Å². The Balaban J connectivity index is 1.87. The van der Waals surface area contributed by atoms with Crippen LogP contribution in [0.15, 0.2) is 47.4 Å². The molecular formula is C22H28N2O4S. The number of fused-ring (bicyclic) bond motifs is 1. The van der Waals surface area contributed by atoms with E-state index in [9.17, 15) is 13.2 Å². The van der Waals surface area contributed by atoms with Crippen molar-refractivity contribution < 1.29 is 17.9 Å². The average Bonchev–Trinajstić information content (AvgIpc) is 2.66. The van der Waals surface area contributed by atoms with Gasteiger partial charge in [-0.25, -0.2) is 8.42 Å². The van der Waals surface area contributed by atoms with Gasteiger partial charge >= 0.3 is 0 Å². The fourth-order valence-corrected chi connectivity index (χ4v) is 4.31. The number of benzene rings is 2. The van der Waals surface area contributed by atoms with Gasteiger partial charge < -0.3 is 10.1 Å². The molecule has 2 aromatic rings. The highest BCUT2D eigenvalue weighted by Crippen LogP contribution is 2.34. The highest BCUT2D eigenvalue weighted by molar-refractivity contribution is 7.92. The molecule has 2 N–H and O–H groups in total. The van der Waals surface area contributed by atoms with Gasteiger partial charge in [-0.15, -0.1) is 0 Å². The van der Waals surface area contributed by atoms with E-state index in [-0.39, 0.29) is 28.1 Å². The number of rotatable bonds is 6. The quantitative estimate of drug-likeness (QED) is 0.742. The minimum Gasteiger partial charge on any atom is -0.488 e. The molecule has 1 heterocycles. The van der Waals surface area contributed by atoms with Crippen molar-refractivity contribution in [3.8, 4) is 5.75 Å². The summed E-state index contributed by atoms with van der Waals surface area (Å²) in [7, 11) is -3.85. The third-order valence-corrected chi connectivity index (χ3v) is 6.49. The molecule has 0 radical (unpaired) electrons. The summed E-state index contributed by atoms with van der Waals surface area (Å²) in [6.07, 6.45) is 2.35. The summed E-state index contributed by atoms with van der Waals surface area (Å²) in [5.41, 5.74) is 1.16. The van der Waals surface area contributed by atoms with Crippen LogP contribution in [0.4, 0.5) is 5.69 Å². The van der Waals surface area contributed by atoms with Gasteiger partial charge in [-0.1, -0.05) is 19.1 Å². The number of hydrogen-bond donors (Lipinski definition) is 2. The number of carbonyl (C=O) groups excluding carboxylic acids is 1. The molecule has 0 fully saturated rings. The first-order valence-electron chi connectivity index (χ1n) is 9.86. The van der Waals surface area contributed by atoms with E-state index in [1.807, 2.05) is 27.7 Å². The molecule has 3 rings (SSSR count). The molecule has 2 aromatic carbocycles. The normalized spacial score (nSPS) is 16.3. The number of sulfonamides is 1. The van der Waals surface area contributed by atoms with Crippen molar-refractivity contribution in [2.75, 3.05) is 4.72 Å². The number of carbonyl (C=O) groups is 1. The van der Waals surface area contributed by atoms with Gasteiger partial charge in [0, 0.05) is 6.04 Å². The van der Waals surface area contributed by atoms with Crippen LogP contribution >= 0.6 is 0 Å². The molecule has 6 nitrogen and oxygen atoms in total. The summed E-state index contributed by atoms with van der Waals surface area (Å²) < 4.78 is 34.5. The number of hydrogen-bond acceptors (Lipinski definition) is 4. The molecule has 1 atom stereocenters. The fraction of sp³-hybridized carbons (Fsp3) is 0.409. The highest BCUT2D eigenvalue weighted by Gasteiger charge is 2.28. The van der Waals surface area contributed by atoms with Crippen molar-refractivity contribution >= 4 is 21.6 Å². The van der Waals surface area contributed by atoms with Gasteiger partial charge in [-0.3, -0.25) is 9.52 Å². The topological polar surface area (TPSA) is 84.5 Å². The molecule has 0 saturated carbocycles. The van der Waals surface area contributed by atoms with Gasteiger partial charge in [0.2, 0.25) is 0 Å². The summed E-state index contributed by atoms with van der Waals surface area (Å²) in [4.78, 5) is 12.7.